The third-order valence-corrected chi connectivity index (χ3v) is 4.83. The van der Waals surface area contributed by atoms with Gasteiger partial charge in [0.05, 0.1) is 11.3 Å². The number of rotatable bonds is 6. The summed E-state index contributed by atoms with van der Waals surface area (Å²) in [4.78, 5) is 0. The van der Waals surface area contributed by atoms with Crippen LogP contribution in [0.2, 0.25) is 0 Å². The van der Waals surface area contributed by atoms with E-state index in [2.05, 4.69) is 4.72 Å². The van der Waals surface area contributed by atoms with Crippen LogP contribution in [0.15, 0.2) is 0 Å². The van der Waals surface area contributed by atoms with Crippen LogP contribution in [0.3, 0.4) is 0 Å². The highest BCUT2D eigenvalue weighted by Crippen LogP contribution is 2.15. The van der Waals surface area contributed by atoms with E-state index in [1.807, 2.05) is 6.92 Å². The summed E-state index contributed by atoms with van der Waals surface area (Å²) >= 11 is 0. The molecule has 0 amide bonds. The Hall–Kier alpha value is -0.660. The lowest BCUT2D eigenvalue weighted by atomic mass is 10.2. The zero-order valence-electron chi connectivity index (χ0n) is 10.1. The number of hydrogen-bond donors (Lipinski definition) is 3. The molecule has 100 valence electrons. The van der Waals surface area contributed by atoms with Crippen molar-refractivity contribution in [2.24, 2.45) is 5.73 Å². The molecule has 6 nitrogen and oxygen atoms in total. The summed E-state index contributed by atoms with van der Waals surface area (Å²) in [6.45, 7) is 2.88. The van der Waals surface area contributed by atoms with E-state index in [4.69, 9.17) is 15.9 Å². The highest BCUT2D eigenvalue weighted by Gasteiger charge is 2.30. The minimum Gasteiger partial charge on any atom is -0.386 e. The maximum absolute atomic E-state index is 12.1. The summed E-state index contributed by atoms with van der Waals surface area (Å²) in [5, 5.41) is 6.95. The highest BCUT2D eigenvalue weighted by atomic mass is 32.2. The van der Waals surface area contributed by atoms with Crippen molar-refractivity contribution in [1.82, 2.24) is 4.72 Å². The molecule has 1 atom stereocenters. The molecule has 0 aromatic rings. The van der Waals surface area contributed by atoms with Gasteiger partial charge in [-0.15, -0.1) is 0 Å². The van der Waals surface area contributed by atoms with Crippen LogP contribution in [-0.4, -0.2) is 38.8 Å². The lowest BCUT2D eigenvalue weighted by Gasteiger charge is -2.25. The lowest BCUT2D eigenvalue weighted by Crippen LogP contribution is -2.48. The topological polar surface area (TPSA) is 105 Å². The third kappa shape index (κ3) is 4.25. The third-order valence-electron chi connectivity index (χ3n) is 2.87. The minimum atomic E-state index is -3.40. The van der Waals surface area contributed by atoms with Crippen molar-refractivity contribution in [2.75, 3.05) is 13.2 Å². The summed E-state index contributed by atoms with van der Waals surface area (Å²) < 4.78 is 31.8. The standard InChI is InChI=1S/C10H21N3O3S/c1-2-3-9(10(11)12)13-17(14,15)8-4-6-16-7-5-8/h8-9,13H,2-7H2,1H3,(H3,11,12). The summed E-state index contributed by atoms with van der Waals surface area (Å²) in [6, 6.07) is -0.576. The van der Waals surface area contributed by atoms with Crippen molar-refractivity contribution >= 4 is 15.9 Å². The predicted molar refractivity (Wildman–Crippen MR) is 66.5 cm³/mol. The molecular weight excluding hydrogens is 242 g/mol. The maximum Gasteiger partial charge on any atom is 0.215 e. The van der Waals surface area contributed by atoms with E-state index in [-0.39, 0.29) is 5.84 Å². The van der Waals surface area contributed by atoms with Gasteiger partial charge in [-0.1, -0.05) is 13.3 Å². The van der Waals surface area contributed by atoms with Crippen molar-refractivity contribution in [3.63, 3.8) is 0 Å². The molecule has 1 unspecified atom stereocenters. The molecule has 7 heteroatoms. The fraction of sp³-hybridized carbons (Fsp3) is 0.900. The van der Waals surface area contributed by atoms with E-state index in [1.54, 1.807) is 0 Å². The number of sulfonamides is 1. The van der Waals surface area contributed by atoms with Gasteiger partial charge in [0.25, 0.3) is 0 Å². The predicted octanol–water partition coefficient (Wildman–Crippen LogP) is 0.189. The van der Waals surface area contributed by atoms with Crippen molar-refractivity contribution in [1.29, 1.82) is 5.41 Å². The molecule has 1 fully saturated rings. The van der Waals surface area contributed by atoms with Crippen LogP contribution in [0.4, 0.5) is 0 Å². The van der Waals surface area contributed by atoms with Crippen molar-refractivity contribution in [3.05, 3.63) is 0 Å². The first kappa shape index (κ1) is 14.4. The first-order valence-electron chi connectivity index (χ1n) is 5.90. The maximum atomic E-state index is 12.1. The first-order valence-corrected chi connectivity index (χ1v) is 7.44. The van der Waals surface area contributed by atoms with E-state index in [0.29, 0.717) is 32.5 Å². The average Bonchev–Trinajstić information content (AvgIpc) is 2.29. The van der Waals surface area contributed by atoms with E-state index >= 15 is 0 Å². The second kappa shape index (κ2) is 6.32. The lowest BCUT2D eigenvalue weighted by molar-refractivity contribution is 0.0981. The van der Waals surface area contributed by atoms with Gasteiger partial charge in [0.15, 0.2) is 0 Å². The number of nitrogens with one attached hydrogen (secondary N) is 2. The van der Waals surface area contributed by atoms with E-state index < -0.39 is 21.3 Å². The summed E-state index contributed by atoms with van der Waals surface area (Å²) in [5.74, 6) is -0.123. The Morgan fingerprint density at radius 2 is 2.12 bits per heavy atom. The monoisotopic (exact) mass is 263 g/mol. The van der Waals surface area contributed by atoms with Gasteiger partial charge < -0.3 is 10.5 Å². The normalized spacial score (nSPS) is 20.1. The molecule has 1 rings (SSSR count). The molecule has 4 N–H and O–H groups in total. The second-order valence-electron chi connectivity index (χ2n) is 4.27. The number of ether oxygens (including phenoxy) is 1. The van der Waals surface area contributed by atoms with Gasteiger partial charge in [-0.3, -0.25) is 5.41 Å². The number of nitrogens with two attached hydrogens (primary N) is 1. The van der Waals surface area contributed by atoms with Crippen LogP contribution in [-0.2, 0) is 14.8 Å². The second-order valence-corrected chi connectivity index (χ2v) is 6.26. The molecule has 1 aliphatic rings. The Balaban J connectivity index is 2.65. The molecule has 0 aromatic carbocycles. The zero-order valence-corrected chi connectivity index (χ0v) is 10.9. The van der Waals surface area contributed by atoms with Gasteiger partial charge in [-0.05, 0) is 19.3 Å². The minimum absolute atomic E-state index is 0.123. The first-order chi connectivity index (χ1) is 7.97. The molecule has 0 aromatic heterocycles. The van der Waals surface area contributed by atoms with E-state index in [9.17, 15) is 8.42 Å². The van der Waals surface area contributed by atoms with Crippen LogP contribution in [0.25, 0.3) is 0 Å². The van der Waals surface area contributed by atoms with E-state index in [1.165, 1.54) is 0 Å². The quantitative estimate of drug-likeness (QED) is 0.470. The van der Waals surface area contributed by atoms with Gasteiger partial charge in [0, 0.05) is 13.2 Å². The van der Waals surface area contributed by atoms with Crippen LogP contribution in [0.5, 0.6) is 0 Å². The summed E-state index contributed by atoms with van der Waals surface area (Å²) in [6.07, 6.45) is 2.34. The summed E-state index contributed by atoms with van der Waals surface area (Å²) in [7, 11) is -3.40. The van der Waals surface area contributed by atoms with Gasteiger partial charge in [-0.25, -0.2) is 13.1 Å². The Morgan fingerprint density at radius 1 is 1.53 bits per heavy atom. The van der Waals surface area contributed by atoms with Crippen LogP contribution in [0.1, 0.15) is 32.6 Å². The van der Waals surface area contributed by atoms with Gasteiger partial charge in [0.2, 0.25) is 10.0 Å². The van der Waals surface area contributed by atoms with Crippen molar-refractivity contribution in [3.8, 4) is 0 Å². The van der Waals surface area contributed by atoms with Crippen molar-refractivity contribution < 1.29 is 13.2 Å². The average molecular weight is 263 g/mol. The highest BCUT2D eigenvalue weighted by molar-refractivity contribution is 7.90. The molecule has 1 heterocycles. The Morgan fingerprint density at radius 3 is 2.59 bits per heavy atom. The van der Waals surface area contributed by atoms with Gasteiger partial charge >= 0.3 is 0 Å². The molecule has 17 heavy (non-hydrogen) atoms. The fourth-order valence-corrected chi connectivity index (χ4v) is 3.49. The SMILES string of the molecule is CCCC(NS(=O)(=O)C1CCOCC1)C(=N)N. The Labute approximate surface area is 102 Å². The van der Waals surface area contributed by atoms with Crippen LogP contribution in [0, 0.1) is 5.41 Å². The van der Waals surface area contributed by atoms with Crippen LogP contribution < -0.4 is 10.5 Å². The Kier molecular flexibility index (Phi) is 5.35. The molecule has 0 radical (unpaired) electrons. The van der Waals surface area contributed by atoms with Gasteiger partial charge in [0.1, 0.15) is 5.84 Å². The van der Waals surface area contributed by atoms with Crippen molar-refractivity contribution in [2.45, 2.75) is 43.9 Å². The van der Waals surface area contributed by atoms with Crippen LogP contribution >= 0.6 is 0 Å². The fourth-order valence-electron chi connectivity index (χ4n) is 1.85. The van der Waals surface area contributed by atoms with E-state index in [0.717, 1.165) is 6.42 Å². The molecule has 1 saturated heterocycles. The zero-order chi connectivity index (χ0) is 12.9. The molecular formula is C10H21N3O3S. The molecule has 0 saturated carbocycles. The van der Waals surface area contributed by atoms with Gasteiger partial charge in [-0.2, -0.15) is 0 Å². The Bertz CT molecular complexity index is 350. The summed E-state index contributed by atoms with van der Waals surface area (Å²) in [5.41, 5.74) is 5.39. The molecule has 1 aliphatic heterocycles. The molecule has 0 bridgehead atoms. The number of hydrogen-bond acceptors (Lipinski definition) is 4. The largest absolute Gasteiger partial charge is 0.386 e. The smallest absolute Gasteiger partial charge is 0.215 e. The molecule has 0 aliphatic carbocycles. The number of amidine groups is 1. The molecule has 0 spiro atoms.